The molecule has 0 spiro atoms. The monoisotopic (exact) mass is 341 g/mol. The molecule has 0 bridgehead atoms. The number of aromatic nitrogens is 1. The summed E-state index contributed by atoms with van der Waals surface area (Å²) in [5, 5.41) is 6.55. The van der Waals surface area contributed by atoms with E-state index in [1.165, 1.54) is 5.56 Å². The van der Waals surface area contributed by atoms with Crippen LogP contribution < -0.4 is 5.32 Å². The van der Waals surface area contributed by atoms with E-state index in [1.54, 1.807) is 13.0 Å². The lowest BCUT2D eigenvalue weighted by Gasteiger charge is -2.31. The number of benzene rings is 1. The zero-order valence-corrected chi connectivity index (χ0v) is 14.6. The van der Waals surface area contributed by atoms with Crippen LogP contribution in [0.2, 0.25) is 0 Å². The Morgan fingerprint density at radius 2 is 1.88 bits per heavy atom. The van der Waals surface area contributed by atoms with E-state index in [4.69, 9.17) is 4.52 Å². The molecule has 2 aromatic rings. The molecule has 1 aromatic heterocycles. The fourth-order valence-electron chi connectivity index (χ4n) is 3.04. The Bertz CT molecular complexity index is 744. The minimum absolute atomic E-state index is 0.0565. The molecule has 25 heavy (non-hydrogen) atoms. The Hall–Kier alpha value is -2.63. The van der Waals surface area contributed by atoms with Crippen molar-refractivity contribution in [2.45, 2.75) is 33.1 Å². The second-order valence-electron chi connectivity index (χ2n) is 6.63. The van der Waals surface area contributed by atoms with Crippen LogP contribution in [0.3, 0.4) is 0 Å². The summed E-state index contributed by atoms with van der Waals surface area (Å²) in [5.41, 5.74) is 2.21. The fourth-order valence-corrected chi connectivity index (χ4v) is 3.04. The summed E-state index contributed by atoms with van der Waals surface area (Å²) in [4.78, 5) is 26.6. The molecule has 0 unspecified atom stereocenters. The van der Waals surface area contributed by atoms with Crippen molar-refractivity contribution < 1.29 is 14.1 Å². The number of aryl methyl sites for hydroxylation is 2. The van der Waals surface area contributed by atoms with E-state index in [0.29, 0.717) is 43.9 Å². The van der Waals surface area contributed by atoms with Crippen LogP contribution >= 0.6 is 0 Å². The van der Waals surface area contributed by atoms with E-state index >= 15 is 0 Å². The first-order valence-electron chi connectivity index (χ1n) is 8.59. The quantitative estimate of drug-likeness (QED) is 0.928. The number of hydrogen-bond acceptors (Lipinski definition) is 4. The largest absolute Gasteiger partial charge is 0.360 e. The van der Waals surface area contributed by atoms with E-state index in [1.807, 2.05) is 36.1 Å². The van der Waals surface area contributed by atoms with Gasteiger partial charge in [0, 0.05) is 25.1 Å². The van der Waals surface area contributed by atoms with Gasteiger partial charge in [-0.15, -0.1) is 0 Å². The first-order chi connectivity index (χ1) is 12.0. The van der Waals surface area contributed by atoms with Gasteiger partial charge in [0.1, 0.15) is 5.76 Å². The van der Waals surface area contributed by atoms with Gasteiger partial charge < -0.3 is 14.7 Å². The van der Waals surface area contributed by atoms with Gasteiger partial charge in [0.25, 0.3) is 0 Å². The summed E-state index contributed by atoms with van der Waals surface area (Å²) < 4.78 is 4.95. The van der Waals surface area contributed by atoms with Gasteiger partial charge in [0.15, 0.2) is 5.82 Å². The van der Waals surface area contributed by atoms with Gasteiger partial charge in [-0.1, -0.05) is 35.0 Å². The SMILES string of the molecule is Cc1ccc(CC(=O)N2CCC(C(=O)Nc3cc(C)on3)CC2)cc1. The molecule has 0 saturated carbocycles. The molecule has 2 amide bonds. The van der Waals surface area contributed by atoms with Crippen molar-refractivity contribution >= 4 is 17.6 Å². The van der Waals surface area contributed by atoms with Crippen LogP contribution in [0.5, 0.6) is 0 Å². The predicted molar refractivity (Wildman–Crippen MR) is 94.1 cm³/mol. The third-order valence-corrected chi connectivity index (χ3v) is 4.57. The molecule has 1 N–H and O–H groups in total. The van der Waals surface area contributed by atoms with E-state index in [2.05, 4.69) is 10.5 Å². The second kappa shape index (κ2) is 7.51. The second-order valence-corrected chi connectivity index (χ2v) is 6.63. The molecular formula is C19H23N3O3. The highest BCUT2D eigenvalue weighted by atomic mass is 16.5. The maximum atomic E-state index is 12.4. The van der Waals surface area contributed by atoms with Crippen molar-refractivity contribution in [3.05, 3.63) is 47.2 Å². The Kier molecular flexibility index (Phi) is 5.16. The molecule has 6 nitrogen and oxygen atoms in total. The van der Waals surface area contributed by atoms with Gasteiger partial charge in [-0.25, -0.2) is 0 Å². The highest BCUT2D eigenvalue weighted by Gasteiger charge is 2.27. The number of rotatable bonds is 4. The molecule has 1 fully saturated rings. The van der Waals surface area contributed by atoms with Crippen LogP contribution in [0.1, 0.15) is 29.7 Å². The summed E-state index contributed by atoms with van der Waals surface area (Å²) >= 11 is 0. The Morgan fingerprint density at radius 3 is 2.48 bits per heavy atom. The first kappa shape index (κ1) is 17.2. The highest BCUT2D eigenvalue weighted by molar-refractivity contribution is 5.91. The van der Waals surface area contributed by atoms with Crippen molar-refractivity contribution in [2.24, 2.45) is 5.92 Å². The van der Waals surface area contributed by atoms with Crippen molar-refractivity contribution in [2.75, 3.05) is 18.4 Å². The Labute approximate surface area is 147 Å². The number of hydrogen-bond donors (Lipinski definition) is 1. The maximum Gasteiger partial charge on any atom is 0.228 e. The average Bonchev–Trinajstić information content (AvgIpc) is 3.02. The number of amides is 2. The lowest BCUT2D eigenvalue weighted by atomic mass is 9.95. The number of piperidine rings is 1. The molecule has 1 aliphatic heterocycles. The number of anilines is 1. The van der Waals surface area contributed by atoms with Crippen molar-refractivity contribution in [1.82, 2.24) is 10.1 Å². The minimum atomic E-state index is -0.0968. The van der Waals surface area contributed by atoms with Gasteiger partial charge in [0.2, 0.25) is 11.8 Å². The van der Waals surface area contributed by atoms with Crippen molar-refractivity contribution in [1.29, 1.82) is 0 Å². The number of carbonyl (C=O) groups excluding carboxylic acids is 2. The van der Waals surface area contributed by atoms with Crippen LogP contribution in [0.4, 0.5) is 5.82 Å². The van der Waals surface area contributed by atoms with E-state index in [9.17, 15) is 9.59 Å². The molecule has 1 aromatic carbocycles. The summed E-state index contributed by atoms with van der Waals surface area (Å²) in [6.07, 6.45) is 1.75. The standard InChI is InChI=1S/C19H23N3O3/c1-13-3-5-15(6-4-13)12-18(23)22-9-7-16(8-10-22)19(24)20-17-11-14(2)25-21-17/h3-6,11,16H,7-10,12H2,1-2H3,(H,20,21,24). The normalized spacial score (nSPS) is 15.2. The third kappa shape index (κ3) is 4.47. The predicted octanol–water partition coefficient (Wildman–Crippen LogP) is 2.71. The molecule has 2 heterocycles. The topological polar surface area (TPSA) is 75.4 Å². The first-order valence-corrected chi connectivity index (χ1v) is 8.59. The van der Waals surface area contributed by atoms with Gasteiger partial charge in [0.05, 0.1) is 6.42 Å². The lowest BCUT2D eigenvalue weighted by molar-refractivity contribution is -0.133. The lowest BCUT2D eigenvalue weighted by Crippen LogP contribution is -2.42. The van der Waals surface area contributed by atoms with E-state index < -0.39 is 0 Å². The number of likely N-dealkylation sites (tertiary alicyclic amines) is 1. The van der Waals surface area contributed by atoms with E-state index in [-0.39, 0.29) is 17.7 Å². The van der Waals surface area contributed by atoms with Gasteiger partial charge in [-0.05, 0) is 32.3 Å². The van der Waals surface area contributed by atoms with E-state index in [0.717, 1.165) is 5.56 Å². The summed E-state index contributed by atoms with van der Waals surface area (Å²) in [6.45, 7) is 5.03. The fraction of sp³-hybridized carbons (Fsp3) is 0.421. The molecular weight excluding hydrogens is 318 g/mol. The molecule has 0 atom stereocenters. The molecule has 0 radical (unpaired) electrons. The molecule has 3 rings (SSSR count). The Morgan fingerprint density at radius 1 is 1.20 bits per heavy atom. The van der Waals surface area contributed by atoms with Gasteiger partial charge in [-0.3, -0.25) is 9.59 Å². The molecule has 1 aliphatic rings. The van der Waals surface area contributed by atoms with Crippen LogP contribution in [0, 0.1) is 19.8 Å². The molecule has 1 saturated heterocycles. The molecule has 132 valence electrons. The number of nitrogens with one attached hydrogen (secondary N) is 1. The summed E-state index contributed by atoms with van der Waals surface area (Å²) in [6, 6.07) is 9.72. The summed E-state index contributed by atoms with van der Waals surface area (Å²) in [7, 11) is 0. The zero-order valence-electron chi connectivity index (χ0n) is 14.6. The van der Waals surface area contributed by atoms with Crippen LogP contribution in [0.25, 0.3) is 0 Å². The molecule has 0 aliphatic carbocycles. The van der Waals surface area contributed by atoms with Crippen molar-refractivity contribution in [3.8, 4) is 0 Å². The van der Waals surface area contributed by atoms with Gasteiger partial charge in [-0.2, -0.15) is 0 Å². The summed E-state index contributed by atoms with van der Waals surface area (Å²) in [5.74, 6) is 1.07. The van der Waals surface area contributed by atoms with Gasteiger partial charge >= 0.3 is 0 Å². The van der Waals surface area contributed by atoms with Crippen LogP contribution in [0.15, 0.2) is 34.9 Å². The Balaban J connectivity index is 1.48. The number of carbonyl (C=O) groups is 2. The third-order valence-electron chi connectivity index (χ3n) is 4.57. The van der Waals surface area contributed by atoms with Crippen LogP contribution in [-0.4, -0.2) is 35.0 Å². The number of nitrogens with zero attached hydrogens (tertiary/aromatic N) is 2. The van der Waals surface area contributed by atoms with Crippen molar-refractivity contribution in [3.63, 3.8) is 0 Å². The van der Waals surface area contributed by atoms with Crippen LogP contribution in [-0.2, 0) is 16.0 Å². The highest BCUT2D eigenvalue weighted by Crippen LogP contribution is 2.20. The molecule has 6 heteroatoms. The smallest absolute Gasteiger partial charge is 0.228 e. The zero-order chi connectivity index (χ0) is 17.8. The maximum absolute atomic E-state index is 12.4. The average molecular weight is 341 g/mol. The minimum Gasteiger partial charge on any atom is -0.360 e.